The van der Waals surface area contributed by atoms with Gasteiger partial charge < -0.3 is 10.1 Å². The number of fused-ring (bicyclic) bond motifs is 1. The first-order valence-corrected chi connectivity index (χ1v) is 6.61. The van der Waals surface area contributed by atoms with E-state index < -0.39 is 0 Å². The molecule has 100 valence electrons. The molecule has 20 heavy (non-hydrogen) atoms. The second kappa shape index (κ2) is 5.72. The molecule has 0 atom stereocenters. The van der Waals surface area contributed by atoms with Crippen LogP contribution in [-0.4, -0.2) is 12.0 Å². The Morgan fingerprint density at radius 1 is 1.00 bits per heavy atom. The maximum absolute atomic E-state index is 5.84. The van der Waals surface area contributed by atoms with Crippen molar-refractivity contribution in [2.75, 3.05) is 7.05 Å². The molecule has 3 aromatic rings. The molecule has 0 amide bonds. The maximum atomic E-state index is 5.84. The van der Waals surface area contributed by atoms with Gasteiger partial charge in [0.1, 0.15) is 11.5 Å². The number of ether oxygens (including phenoxy) is 1. The predicted octanol–water partition coefficient (Wildman–Crippen LogP) is 3.75. The van der Waals surface area contributed by atoms with Crippen LogP contribution in [-0.2, 0) is 6.54 Å². The molecule has 2 aromatic carbocycles. The molecule has 0 aliphatic rings. The van der Waals surface area contributed by atoms with Crippen LogP contribution in [0.2, 0.25) is 0 Å². The highest BCUT2D eigenvalue weighted by Gasteiger charge is 2.01. The minimum Gasteiger partial charge on any atom is -0.457 e. The number of hydrogen-bond acceptors (Lipinski definition) is 3. The molecule has 0 saturated heterocycles. The van der Waals surface area contributed by atoms with Crippen LogP contribution in [0.3, 0.4) is 0 Å². The average molecular weight is 264 g/mol. The number of aromatic nitrogens is 1. The Morgan fingerprint density at radius 3 is 2.65 bits per heavy atom. The summed E-state index contributed by atoms with van der Waals surface area (Å²) in [6, 6.07) is 17.9. The number of nitrogens with one attached hydrogen (secondary N) is 1. The van der Waals surface area contributed by atoms with Gasteiger partial charge in [-0.1, -0.05) is 18.2 Å². The molecular formula is C17H16N2O. The van der Waals surface area contributed by atoms with Gasteiger partial charge in [0.25, 0.3) is 0 Å². The third-order valence-corrected chi connectivity index (χ3v) is 3.07. The van der Waals surface area contributed by atoms with Crippen LogP contribution in [0.25, 0.3) is 10.9 Å². The van der Waals surface area contributed by atoms with Gasteiger partial charge in [-0.15, -0.1) is 0 Å². The van der Waals surface area contributed by atoms with Crippen molar-refractivity contribution in [1.29, 1.82) is 0 Å². The molecule has 0 radical (unpaired) electrons. The zero-order valence-corrected chi connectivity index (χ0v) is 11.3. The van der Waals surface area contributed by atoms with E-state index in [-0.39, 0.29) is 0 Å². The second-order valence-electron chi connectivity index (χ2n) is 4.64. The zero-order valence-electron chi connectivity index (χ0n) is 11.3. The highest BCUT2D eigenvalue weighted by Crippen LogP contribution is 2.25. The lowest BCUT2D eigenvalue weighted by molar-refractivity contribution is 0.483. The maximum Gasteiger partial charge on any atom is 0.128 e. The van der Waals surface area contributed by atoms with E-state index in [0.29, 0.717) is 0 Å². The molecule has 1 aromatic heterocycles. The van der Waals surface area contributed by atoms with E-state index in [1.54, 1.807) is 0 Å². The molecule has 0 saturated carbocycles. The van der Waals surface area contributed by atoms with E-state index in [0.717, 1.165) is 34.5 Å². The van der Waals surface area contributed by atoms with Crippen LogP contribution in [0.1, 0.15) is 5.56 Å². The number of hydrogen-bond donors (Lipinski definition) is 1. The second-order valence-corrected chi connectivity index (χ2v) is 4.64. The molecule has 3 heteroatoms. The van der Waals surface area contributed by atoms with Gasteiger partial charge in [0.15, 0.2) is 0 Å². The van der Waals surface area contributed by atoms with Crippen LogP contribution in [0.5, 0.6) is 11.5 Å². The van der Waals surface area contributed by atoms with Gasteiger partial charge in [-0.3, -0.25) is 4.98 Å². The fourth-order valence-electron chi connectivity index (χ4n) is 2.14. The van der Waals surface area contributed by atoms with Gasteiger partial charge in [0, 0.05) is 18.1 Å². The molecular weight excluding hydrogens is 248 g/mol. The van der Waals surface area contributed by atoms with Gasteiger partial charge in [-0.05, 0) is 49.0 Å². The lowest BCUT2D eigenvalue weighted by atomic mass is 10.1. The Hall–Kier alpha value is -2.39. The summed E-state index contributed by atoms with van der Waals surface area (Å²) in [7, 11) is 1.93. The van der Waals surface area contributed by atoms with Crippen LogP contribution in [0.15, 0.2) is 60.8 Å². The van der Waals surface area contributed by atoms with E-state index in [4.69, 9.17) is 4.74 Å². The first-order chi connectivity index (χ1) is 9.85. The summed E-state index contributed by atoms with van der Waals surface area (Å²) in [5, 5.41) is 4.22. The Labute approximate surface area is 118 Å². The van der Waals surface area contributed by atoms with Gasteiger partial charge >= 0.3 is 0 Å². The molecule has 3 rings (SSSR count). The highest BCUT2D eigenvalue weighted by atomic mass is 16.5. The average Bonchev–Trinajstić information content (AvgIpc) is 2.48. The number of benzene rings is 2. The molecule has 1 heterocycles. The predicted molar refractivity (Wildman–Crippen MR) is 81.0 cm³/mol. The SMILES string of the molecule is CNCc1cnc2ccc(Oc3ccccc3)cc2c1. The number of para-hydroxylation sites is 1. The van der Waals surface area contributed by atoms with Crippen LogP contribution >= 0.6 is 0 Å². The van der Waals surface area contributed by atoms with Crippen molar-refractivity contribution < 1.29 is 4.74 Å². The van der Waals surface area contributed by atoms with Crippen molar-refractivity contribution in [3.05, 3.63) is 66.4 Å². The smallest absolute Gasteiger partial charge is 0.128 e. The van der Waals surface area contributed by atoms with Crippen LogP contribution < -0.4 is 10.1 Å². The largest absolute Gasteiger partial charge is 0.457 e. The van der Waals surface area contributed by atoms with E-state index in [9.17, 15) is 0 Å². The molecule has 1 N–H and O–H groups in total. The molecule has 0 aliphatic carbocycles. The summed E-state index contributed by atoms with van der Waals surface area (Å²) in [5.74, 6) is 1.67. The minimum absolute atomic E-state index is 0.812. The Kier molecular flexibility index (Phi) is 3.61. The van der Waals surface area contributed by atoms with Gasteiger partial charge in [-0.25, -0.2) is 0 Å². The summed E-state index contributed by atoms with van der Waals surface area (Å²) in [6.07, 6.45) is 1.90. The Balaban J connectivity index is 1.92. The lowest BCUT2D eigenvalue weighted by Crippen LogP contribution is -2.05. The molecule has 0 unspecified atom stereocenters. The minimum atomic E-state index is 0.812. The van der Waals surface area contributed by atoms with Crippen molar-refractivity contribution >= 4 is 10.9 Å². The summed E-state index contributed by atoms with van der Waals surface area (Å²) in [6.45, 7) is 0.812. The van der Waals surface area contributed by atoms with E-state index in [2.05, 4.69) is 16.4 Å². The molecule has 0 aliphatic heterocycles. The van der Waals surface area contributed by atoms with E-state index in [1.807, 2.05) is 61.8 Å². The van der Waals surface area contributed by atoms with Crippen molar-refractivity contribution in [1.82, 2.24) is 10.3 Å². The molecule has 0 bridgehead atoms. The van der Waals surface area contributed by atoms with E-state index >= 15 is 0 Å². The fourth-order valence-corrected chi connectivity index (χ4v) is 2.14. The van der Waals surface area contributed by atoms with Crippen LogP contribution in [0.4, 0.5) is 0 Å². The molecule has 0 spiro atoms. The number of nitrogens with zero attached hydrogens (tertiary/aromatic N) is 1. The van der Waals surface area contributed by atoms with Crippen molar-refractivity contribution in [2.24, 2.45) is 0 Å². The third kappa shape index (κ3) is 2.78. The Morgan fingerprint density at radius 2 is 1.85 bits per heavy atom. The summed E-state index contributed by atoms with van der Waals surface area (Å²) < 4.78 is 5.84. The number of rotatable bonds is 4. The highest BCUT2D eigenvalue weighted by molar-refractivity contribution is 5.80. The van der Waals surface area contributed by atoms with Gasteiger partial charge in [0.2, 0.25) is 0 Å². The van der Waals surface area contributed by atoms with Crippen molar-refractivity contribution in [2.45, 2.75) is 6.54 Å². The first-order valence-electron chi connectivity index (χ1n) is 6.61. The van der Waals surface area contributed by atoms with Gasteiger partial charge in [0.05, 0.1) is 5.52 Å². The normalized spacial score (nSPS) is 10.7. The molecule has 0 fully saturated rings. The standard InChI is InChI=1S/C17H16N2O/c1-18-11-13-9-14-10-16(7-8-17(14)19-12-13)20-15-5-3-2-4-6-15/h2-10,12,18H,11H2,1H3. The van der Waals surface area contributed by atoms with Crippen molar-refractivity contribution in [3.8, 4) is 11.5 Å². The summed E-state index contributed by atoms with van der Waals surface area (Å²) >= 11 is 0. The monoisotopic (exact) mass is 264 g/mol. The Bertz CT molecular complexity index is 711. The fraction of sp³-hybridized carbons (Fsp3) is 0.118. The summed E-state index contributed by atoms with van der Waals surface area (Å²) in [5.41, 5.74) is 2.14. The van der Waals surface area contributed by atoms with Crippen molar-refractivity contribution in [3.63, 3.8) is 0 Å². The van der Waals surface area contributed by atoms with Gasteiger partial charge in [-0.2, -0.15) is 0 Å². The summed E-state index contributed by atoms with van der Waals surface area (Å²) in [4.78, 5) is 4.45. The first kappa shape index (κ1) is 12.6. The topological polar surface area (TPSA) is 34.2 Å². The third-order valence-electron chi connectivity index (χ3n) is 3.07. The van der Waals surface area contributed by atoms with Crippen LogP contribution in [0, 0.1) is 0 Å². The molecule has 3 nitrogen and oxygen atoms in total. The van der Waals surface area contributed by atoms with E-state index in [1.165, 1.54) is 0 Å². The zero-order chi connectivity index (χ0) is 13.8. The number of pyridine rings is 1. The lowest BCUT2D eigenvalue weighted by Gasteiger charge is -2.07. The quantitative estimate of drug-likeness (QED) is 0.779.